The average Bonchev–Trinajstić information content (AvgIpc) is 3.18. The van der Waals surface area contributed by atoms with E-state index >= 15 is 0 Å². The molecule has 4 N–H and O–H groups in total. The maximum absolute atomic E-state index is 8.29. The second-order valence-corrected chi connectivity index (χ2v) is 12.7. The minimum atomic E-state index is 0. The van der Waals surface area contributed by atoms with Crippen LogP contribution in [0.3, 0.4) is 0 Å². The van der Waals surface area contributed by atoms with Crippen molar-refractivity contribution in [3.05, 3.63) is 0 Å². The third kappa shape index (κ3) is 3.46. The van der Waals surface area contributed by atoms with E-state index in [0.29, 0.717) is 11.3 Å². The van der Waals surface area contributed by atoms with Crippen molar-refractivity contribution in [1.82, 2.24) is 5.32 Å². The highest BCUT2D eigenvalue weighted by Crippen LogP contribution is 2.91. The first-order chi connectivity index (χ1) is 15.3. The largest absolute Gasteiger partial charge is 0.331 e. The van der Waals surface area contributed by atoms with Crippen LogP contribution in [-0.4, -0.2) is 24.8 Å². The Hall–Kier alpha value is -0.410. The molecule has 0 bridgehead atoms. The molecule has 9 atom stereocenters. The molecule has 0 aromatic heterocycles. The van der Waals surface area contributed by atoms with Crippen LogP contribution in [0, 0.1) is 51.2 Å². The molecular weight excluding hydrogens is 390 g/mol. The Morgan fingerprint density at radius 1 is 0.969 bits per heavy atom. The first kappa shape index (κ1) is 24.7. The van der Waals surface area contributed by atoms with Crippen LogP contribution in [0.25, 0.3) is 0 Å². The van der Waals surface area contributed by atoms with Gasteiger partial charge in [0.2, 0.25) is 0 Å². The smallest absolute Gasteiger partial charge is 0.00946 e. The van der Waals surface area contributed by atoms with Crippen molar-refractivity contribution in [2.24, 2.45) is 51.6 Å². The lowest BCUT2D eigenvalue weighted by atomic mass is 9.59. The summed E-state index contributed by atoms with van der Waals surface area (Å²) in [5, 5.41) is 11.7. The molecule has 32 heavy (non-hydrogen) atoms. The fourth-order valence-corrected chi connectivity index (χ4v) is 10.6. The van der Waals surface area contributed by atoms with Crippen LogP contribution in [0.1, 0.15) is 113 Å². The van der Waals surface area contributed by atoms with Crippen LogP contribution in [0.2, 0.25) is 0 Å². The molecule has 1 saturated heterocycles. The third-order valence-corrected chi connectivity index (χ3v) is 11.6. The molecule has 3 nitrogen and oxygen atoms in total. The molecule has 1 heterocycles. The molecule has 1 aliphatic heterocycles. The van der Waals surface area contributed by atoms with Crippen LogP contribution in [0.4, 0.5) is 0 Å². The molecule has 0 radical (unpaired) electrons. The summed E-state index contributed by atoms with van der Waals surface area (Å²) in [6, 6.07) is 0.815. The lowest BCUT2D eigenvalue weighted by molar-refractivity contribution is 0.0510. The van der Waals surface area contributed by atoms with E-state index in [2.05, 4.69) is 33.0 Å². The van der Waals surface area contributed by atoms with E-state index in [0.717, 1.165) is 52.8 Å². The van der Waals surface area contributed by atoms with Gasteiger partial charge in [-0.2, -0.15) is 0 Å². The summed E-state index contributed by atoms with van der Waals surface area (Å²) < 4.78 is 0. The van der Waals surface area contributed by atoms with Gasteiger partial charge in [-0.05, 0) is 124 Å². The number of nitrogens with one attached hydrogen (secondary N) is 2. The minimum Gasteiger partial charge on any atom is -0.331 e. The molecule has 6 aliphatic rings. The normalized spacial score (nSPS) is 49.9. The first-order valence-corrected chi connectivity index (χ1v) is 14.3. The highest BCUT2D eigenvalue weighted by Gasteiger charge is 2.85. The van der Waals surface area contributed by atoms with Crippen LogP contribution < -0.4 is 11.1 Å². The lowest BCUT2D eigenvalue weighted by Gasteiger charge is -2.45. The zero-order chi connectivity index (χ0) is 23.1. The Labute approximate surface area is 200 Å². The summed E-state index contributed by atoms with van der Waals surface area (Å²) in [7, 11) is 0. The Bertz CT molecular complexity index is 682. The van der Waals surface area contributed by atoms with Crippen molar-refractivity contribution in [2.75, 3.05) is 13.1 Å². The fraction of sp³-hybridized carbons (Fsp3) is 0.966. The van der Waals surface area contributed by atoms with Crippen molar-refractivity contribution >= 4 is 5.71 Å². The van der Waals surface area contributed by atoms with Crippen molar-refractivity contribution in [3.8, 4) is 0 Å². The molecule has 0 aromatic carbocycles. The number of hydrogen-bond donors (Lipinski definition) is 3. The van der Waals surface area contributed by atoms with Crippen LogP contribution >= 0.6 is 0 Å². The monoisotopic (exact) mass is 445 g/mol. The summed E-state index contributed by atoms with van der Waals surface area (Å²) in [6.45, 7) is 13.1. The lowest BCUT2D eigenvalue weighted by Crippen LogP contribution is -2.40. The maximum Gasteiger partial charge on any atom is 0.00946 e. The van der Waals surface area contributed by atoms with Gasteiger partial charge in [0.05, 0.1) is 0 Å². The van der Waals surface area contributed by atoms with E-state index < -0.39 is 0 Å². The topological polar surface area (TPSA) is 61.9 Å². The van der Waals surface area contributed by atoms with Crippen molar-refractivity contribution < 1.29 is 1.43 Å². The molecule has 2 spiro atoms. The van der Waals surface area contributed by atoms with E-state index in [1.807, 2.05) is 6.92 Å². The van der Waals surface area contributed by atoms with Crippen LogP contribution in [-0.2, 0) is 0 Å². The van der Waals surface area contributed by atoms with Crippen LogP contribution in [0.15, 0.2) is 0 Å². The van der Waals surface area contributed by atoms with Gasteiger partial charge in [0.25, 0.3) is 0 Å². The van der Waals surface area contributed by atoms with Gasteiger partial charge in [0, 0.05) is 19.1 Å². The van der Waals surface area contributed by atoms with Gasteiger partial charge < -0.3 is 16.5 Å². The highest BCUT2D eigenvalue weighted by atomic mass is 14.9. The third-order valence-electron chi connectivity index (χ3n) is 11.6. The zero-order valence-corrected chi connectivity index (χ0v) is 21.9. The van der Waals surface area contributed by atoms with Gasteiger partial charge in [-0.25, -0.2) is 0 Å². The molecule has 3 heteroatoms. The van der Waals surface area contributed by atoms with Gasteiger partial charge in [0.1, 0.15) is 0 Å². The first-order valence-electron chi connectivity index (χ1n) is 14.3. The van der Waals surface area contributed by atoms with E-state index in [1.54, 1.807) is 25.7 Å². The Kier molecular flexibility index (Phi) is 7.20. The summed E-state index contributed by atoms with van der Waals surface area (Å²) in [4.78, 5) is 0. The number of rotatable bonds is 2. The second-order valence-electron chi connectivity index (χ2n) is 12.7. The minimum absolute atomic E-state index is 0. The van der Waals surface area contributed by atoms with Gasteiger partial charge >= 0.3 is 0 Å². The SMILES string of the molecule is CC(=N)C1CCC2C1(C)CCC1C34CCCCC3CCC214.CCC1NCCC1C.CCN.[HH]. The Morgan fingerprint density at radius 2 is 1.72 bits per heavy atom. The van der Waals surface area contributed by atoms with Gasteiger partial charge in [-0.15, -0.1) is 0 Å². The van der Waals surface area contributed by atoms with E-state index in [1.165, 1.54) is 57.9 Å². The van der Waals surface area contributed by atoms with Crippen LogP contribution in [0.5, 0.6) is 0 Å². The number of fused-ring (bicyclic) bond motifs is 1. The summed E-state index contributed by atoms with van der Waals surface area (Å²) in [6.07, 6.45) is 17.6. The van der Waals surface area contributed by atoms with Gasteiger partial charge in [-0.1, -0.05) is 40.5 Å². The molecule has 186 valence electrons. The molecule has 0 aromatic rings. The number of nitrogens with two attached hydrogens (primary N) is 1. The molecule has 6 rings (SSSR count). The second kappa shape index (κ2) is 9.33. The zero-order valence-electron chi connectivity index (χ0n) is 21.9. The summed E-state index contributed by atoms with van der Waals surface area (Å²) in [5.41, 5.74) is 7.88. The average molecular weight is 446 g/mol. The predicted molar refractivity (Wildman–Crippen MR) is 139 cm³/mol. The predicted octanol–water partition coefficient (Wildman–Crippen LogP) is 7.04. The highest BCUT2D eigenvalue weighted by molar-refractivity contribution is 5.82. The summed E-state index contributed by atoms with van der Waals surface area (Å²) in [5.74, 6) is 4.70. The molecule has 0 amide bonds. The van der Waals surface area contributed by atoms with Crippen molar-refractivity contribution in [3.63, 3.8) is 0 Å². The van der Waals surface area contributed by atoms with E-state index in [9.17, 15) is 0 Å². The number of hydrogen-bond acceptors (Lipinski definition) is 3. The molecule has 5 saturated carbocycles. The molecule has 5 aliphatic carbocycles. The molecular formula is C29H55N3. The molecule has 6 fully saturated rings. The standard InChI is InChI=1S/C20H31N.C7H15N.C2H7N.H2/c1-13(21)15-6-7-16-18(15,2)11-9-17-19-10-4-3-5-14(19)8-12-20(16,17)19;1-3-7-6(2)4-5-8-7;1-2-3;/h14-17,21H,3-12H2,1-2H3;6-8H,3-5H2,1-2H3;2-3H2,1H3;1H. The van der Waals surface area contributed by atoms with Crippen molar-refractivity contribution in [2.45, 2.75) is 118 Å². The quantitative estimate of drug-likeness (QED) is 0.399. The maximum atomic E-state index is 8.29. The van der Waals surface area contributed by atoms with E-state index in [4.69, 9.17) is 11.1 Å². The molecule has 9 unspecified atom stereocenters. The summed E-state index contributed by atoms with van der Waals surface area (Å²) >= 11 is 0. The van der Waals surface area contributed by atoms with Gasteiger partial charge in [0.15, 0.2) is 0 Å². The van der Waals surface area contributed by atoms with E-state index in [-0.39, 0.29) is 1.43 Å². The fourth-order valence-electron chi connectivity index (χ4n) is 10.6. The van der Waals surface area contributed by atoms with Gasteiger partial charge in [-0.3, -0.25) is 0 Å². The Morgan fingerprint density at radius 3 is 2.31 bits per heavy atom. The Balaban J connectivity index is 0.000000216. The van der Waals surface area contributed by atoms with Crippen molar-refractivity contribution in [1.29, 1.82) is 5.41 Å².